The highest BCUT2D eigenvalue weighted by Gasteiger charge is 2.02. The van der Waals surface area contributed by atoms with Gasteiger partial charge in [-0.25, -0.2) is 29.9 Å². The summed E-state index contributed by atoms with van der Waals surface area (Å²) in [5.41, 5.74) is 2.17. The predicted molar refractivity (Wildman–Crippen MR) is 48.2 cm³/mol. The van der Waals surface area contributed by atoms with E-state index in [0.29, 0.717) is 22.5 Å². The quantitative estimate of drug-likeness (QED) is 0.469. The second kappa shape index (κ2) is 2.63. The van der Waals surface area contributed by atoms with Crippen LogP contribution in [-0.4, -0.2) is 29.9 Å². The first-order valence-electron chi connectivity index (χ1n) is 3.98. The van der Waals surface area contributed by atoms with E-state index < -0.39 is 0 Å². The number of aromatic nitrogens is 6. The summed E-state index contributed by atoms with van der Waals surface area (Å²) in [5, 5.41) is 0. The van der Waals surface area contributed by atoms with Crippen LogP contribution in [0.1, 0.15) is 0 Å². The molecule has 3 heterocycles. The van der Waals surface area contributed by atoms with Crippen LogP contribution >= 0.6 is 0 Å². The Morgan fingerprint density at radius 1 is 0.786 bits per heavy atom. The van der Waals surface area contributed by atoms with Crippen molar-refractivity contribution in [1.29, 1.82) is 0 Å². The molecule has 3 aromatic heterocycles. The lowest BCUT2D eigenvalue weighted by Crippen LogP contribution is -1.94. The Kier molecular flexibility index (Phi) is 1.35. The fourth-order valence-electron chi connectivity index (χ4n) is 1.18. The van der Waals surface area contributed by atoms with Gasteiger partial charge in [-0.1, -0.05) is 0 Å². The molecule has 0 saturated heterocycles. The van der Waals surface area contributed by atoms with Crippen LogP contribution in [0.2, 0.25) is 0 Å². The lowest BCUT2D eigenvalue weighted by atomic mass is 10.5. The molecule has 66 valence electrons. The summed E-state index contributed by atoms with van der Waals surface area (Å²) in [6, 6.07) is 0. The van der Waals surface area contributed by atoms with Crippen molar-refractivity contribution in [2.24, 2.45) is 0 Å². The Labute approximate surface area is 78.1 Å². The molecule has 0 saturated carbocycles. The van der Waals surface area contributed by atoms with Gasteiger partial charge >= 0.3 is 0 Å². The van der Waals surface area contributed by atoms with Gasteiger partial charge in [0, 0.05) is 12.4 Å². The second-order valence-electron chi connectivity index (χ2n) is 2.66. The first kappa shape index (κ1) is 7.19. The second-order valence-corrected chi connectivity index (χ2v) is 2.66. The predicted octanol–water partition coefficient (Wildman–Crippen LogP) is 0.363. The van der Waals surface area contributed by atoms with E-state index in [-0.39, 0.29) is 0 Å². The highest BCUT2D eigenvalue weighted by atomic mass is 15.0. The lowest BCUT2D eigenvalue weighted by molar-refractivity contribution is 1.13. The number of hydrogen-bond acceptors (Lipinski definition) is 6. The van der Waals surface area contributed by atoms with Crippen molar-refractivity contribution in [2.45, 2.75) is 0 Å². The molecule has 0 aliphatic heterocycles. The van der Waals surface area contributed by atoms with Crippen LogP contribution in [-0.2, 0) is 0 Å². The molecule has 0 aliphatic carbocycles. The third-order valence-corrected chi connectivity index (χ3v) is 1.77. The van der Waals surface area contributed by atoms with Gasteiger partial charge < -0.3 is 0 Å². The first-order chi connectivity index (χ1) is 6.93. The van der Waals surface area contributed by atoms with E-state index in [2.05, 4.69) is 29.9 Å². The highest BCUT2D eigenvalue weighted by Crippen LogP contribution is 2.07. The Balaban J connectivity index is 2.52. The maximum atomic E-state index is 4.22. The maximum absolute atomic E-state index is 4.22. The molecule has 0 N–H and O–H groups in total. The summed E-state index contributed by atoms with van der Waals surface area (Å²) in [4.78, 5) is 24.3. The summed E-state index contributed by atoms with van der Waals surface area (Å²) in [7, 11) is 0. The number of nitrogens with zero attached hydrogens (tertiary/aromatic N) is 6. The highest BCUT2D eigenvalue weighted by molar-refractivity contribution is 5.78. The molecule has 0 fully saturated rings. The van der Waals surface area contributed by atoms with Crippen LogP contribution in [0.4, 0.5) is 0 Å². The van der Waals surface area contributed by atoms with Crippen molar-refractivity contribution in [1.82, 2.24) is 29.9 Å². The molecular weight excluding hydrogens is 180 g/mol. The monoisotopic (exact) mass is 184 g/mol. The molecule has 0 unspecified atom stereocenters. The van der Waals surface area contributed by atoms with Crippen molar-refractivity contribution in [2.75, 3.05) is 0 Å². The van der Waals surface area contributed by atoms with Crippen LogP contribution in [0, 0.1) is 0 Å². The molecule has 6 nitrogen and oxygen atoms in total. The fraction of sp³-hybridized carbons (Fsp3) is 0. The van der Waals surface area contributed by atoms with Crippen LogP contribution in [0.15, 0.2) is 24.9 Å². The molecule has 6 heteroatoms. The number of fused-ring (bicyclic) bond motifs is 2. The van der Waals surface area contributed by atoms with Gasteiger partial charge in [0.1, 0.15) is 11.8 Å². The van der Waals surface area contributed by atoms with E-state index in [9.17, 15) is 0 Å². The summed E-state index contributed by atoms with van der Waals surface area (Å²) in [6.45, 7) is 0. The van der Waals surface area contributed by atoms with E-state index >= 15 is 0 Å². The minimum Gasteiger partial charge on any atom is -0.242 e. The third-order valence-electron chi connectivity index (χ3n) is 1.77. The van der Waals surface area contributed by atoms with Crippen molar-refractivity contribution in [3.8, 4) is 0 Å². The molecule has 0 spiro atoms. The molecule has 0 amide bonds. The summed E-state index contributed by atoms with van der Waals surface area (Å²) in [6.07, 6.45) is 6.18. The smallest absolute Gasteiger partial charge is 0.199 e. The SMILES string of the molecule is c1ncc2nc3nccnc3nc2n1. The van der Waals surface area contributed by atoms with Gasteiger partial charge in [-0.3, -0.25) is 0 Å². The summed E-state index contributed by atoms with van der Waals surface area (Å²) < 4.78 is 0. The average molecular weight is 184 g/mol. The molecule has 0 radical (unpaired) electrons. The van der Waals surface area contributed by atoms with Crippen molar-refractivity contribution < 1.29 is 0 Å². The molecule has 0 aromatic carbocycles. The van der Waals surface area contributed by atoms with Gasteiger partial charge in [0.2, 0.25) is 0 Å². The molecule has 3 rings (SSSR count). The van der Waals surface area contributed by atoms with E-state index in [4.69, 9.17) is 0 Å². The topological polar surface area (TPSA) is 77.3 Å². The maximum Gasteiger partial charge on any atom is 0.199 e. The van der Waals surface area contributed by atoms with Crippen LogP contribution in [0.5, 0.6) is 0 Å². The Bertz CT molecular complexity index is 503. The molecule has 0 bridgehead atoms. The molecule has 0 aliphatic rings. The van der Waals surface area contributed by atoms with E-state index in [1.807, 2.05) is 0 Å². The third kappa shape index (κ3) is 0.972. The normalized spacial score (nSPS) is 10.9. The van der Waals surface area contributed by atoms with E-state index in [0.717, 1.165) is 0 Å². The van der Waals surface area contributed by atoms with Gasteiger partial charge in [-0.15, -0.1) is 0 Å². The van der Waals surface area contributed by atoms with Crippen molar-refractivity contribution in [3.63, 3.8) is 0 Å². The van der Waals surface area contributed by atoms with Crippen LogP contribution < -0.4 is 0 Å². The molecular formula is C8H4N6. The largest absolute Gasteiger partial charge is 0.242 e. The molecule has 14 heavy (non-hydrogen) atoms. The van der Waals surface area contributed by atoms with Gasteiger partial charge in [0.15, 0.2) is 16.9 Å². The Morgan fingerprint density at radius 3 is 2.43 bits per heavy atom. The minimum absolute atomic E-state index is 0.499. The standard InChI is InChI=1S/C8H4N6/c1-2-11-8-7(10-1)13-5-3-9-4-12-6(5)14-8/h1-4H. The van der Waals surface area contributed by atoms with Crippen LogP contribution in [0.3, 0.4) is 0 Å². The van der Waals surface area contributed by atoms with E-state index in [1.165, 1.54) is 6.33 Å². The zero-order valence-corrected chi connectivity index (χ0v) is 6.99. The lowest BCUT2D eigenvalue weighted by Gasteiger charge is -1.96. The average Bonchev–Trinajstić information content (AvgIpc) is 2.26. The zero-order valence-electron chi connectivity index (χ0n) is 6.99. The molecule has 0 atom stereocenters. The van der Waals surface area contributed by atoms with Crippen molar-refractivity contribution in [3.05, 3.63) is 24.9 Å². The Hall–Kier alpha value is -2.24. The fourth-order valence-corrected chi connectivity index (χ4v) is 1.18. The molecule has 3 aromatic rings. The van der Waals surface area contributed by atoms with Crippen LogP contribution in [0.25, 0.3) is 22.5 Å². The zero-order chi connectivity index (χ0) is 9.38. The van der Waals surface area contributed by atoms with Gasteiger partial charge in [0.05, 0.1) is 6.20 Å². The van der Waals surface area contributed by atoms with Gasteiger partial charge in [-0.05, 0) is 0 Å². The first-order valence-corrected chi connectivity index (χ1v) is 3.98. The van der Waals surface area contributed by atoms with Gasteiger partial charge in [-0.2, -0.15) is 0 Å². The summed E-state index contributed by atoms with van der Waals surface area (Å²) in [5.74, 6) is 0. The summed E-state index contributed by atoms with van der Waals surface area (Å²) >= 11 is 0. The number of hydrogen-bond donors (Lipinski definition) is 0. The minimum atomic E-state index is 0.499. The number of rotatable bonds is 0. The van der Waals surface area contributed by atoms with Gasteiger partial charge in [0.25, 0.3) is 0 Å². The van der Waals surface area contributed by atoms with E-state index in [1.54, 1.807) is 18.6 Å². The Morgan fingerprint density at radius 2 is 1.57 bits per heavy atom. The van der Waals surface area contributed by atoms with Crippen molar-refractivity contribution >= 4 is 22.5 Å².